The smallest absolute Gasteiger partial charge is 0.407 e. The number of rotatable bonds is 21. The average Bonchev–Trinajstić information content (AvgIpc) is 1.62. The molecular formula is C106H118N16O13. The molecule has 4 aromatic heterocycles. The van der Waals surface area contributed by atoms with Gasteiger partial charge >= 0.3 is 18.2 Å². The van der Waals surface area contributed by atoms with Crippen LogP contribution in [0.15, 0.2) is 182 Å². The summed E-state index contributed by atoms with van der Waals surface area (Å²) < 4.78 is 20.1. The van der Waals surface area contributed by atoms with E-state index in [-0.39, 0.29) is 77.4 Å². The van der Waals surface area contributed by atoms with Crippen molar-refractivity contribution in [2.75, 3.05) is 66.8 Å². The Balaban J connectivity index is 0.000000166. The zero-order chi connectivity index (χ0) is 93.7. The van der Waals surface area contributed by atoms with E-state index < -0.39 is 42.3 Å². The standard InChI is InChI=1S/C53H58N8O6.C47H50N8O4.C6H10O3/c1-31(2)45(59-53(65)66-3)51(63)61-24-8-12-44(61)49-55-41-20-18-38-28-37(17-19-40(38)47(41)57-49)34-13-14-36-29-39(16-15-35(36)27-34)42-30-54-48(56-42)43-11-7-23-60(43)52(64)46(32-9-5-4-6-10-32)58-50(62)33-21-25-67-26-22-33;1-27(2)41(53-47(58)59-3)46(57)55-22-8-12-39(55)44-50-36-20-18-33-24-32(17-19-35(33)42(36)52-44)29-13-14-31-25-34(16-15-30(31)23-29)37-26-49-43(51-37)38-11-7-21-54(38)45(56)40(48)28-9-5-4-6-10-28;7-6(8)5-1-3-9-4-2-5/h4-6,9-10,13-17,19,27-31,33,43-46H,7-8,11-12,18,20-26H2,1-3H3,(H,54,56)(H,55,57)(H,58,62)(H,59,65);4-6,9-10,13-17,19,23-27,38-41H,7-8,11-12,18,20-22,48H2,1-3H3,(H,49,51)(H,50,52)(H,53,58);5H,1-4H2,(H,7,8)/t43-,44-,45-,46+;38-,39-,40+,41-;/m00./s1. The molecular weight excluding hydrogens is 1710 g/mol. The van der Waals surface area contributed by atoms with Crippen molar-refractivity contribution < 1.29 is 62.4 Å². The molecule has 10 heterocycles. The highest BCUT2D eigenvalue weighted by Gasteiger charge is 2.44. The average molecular weight is 1820 g/mol. The topological polar surface area (TPSA) is 384 Å². The minimum absolute atomic E-state index is 0.0778. The number of aromatic nitrogens is 8. The molecule has 2 aliphatic carbocycles. The second-order valence-electron chi connectivity index (χ2n) is 37.4. The zero-order valence-electron chi connectivity index (χ0n) is 77.2. The van der Waals surface area contributed by atoms with Gasteiger partial charge in [0, 0.05) is 92.2 Å². The fourth-order valence-corrected chi connectivity index (χ4v) is 20.7. The van der Waals surface area contributed by atoms with Gasteiger partial charge in [0.05, 0.1) is 79.5 Å². The number of nitrogens with one attached hydrogen (secondary N) is 7. The van der Waals surface area contributed by atoms with Gasteiger partial charge < -0.3 is 85.3 Å². The van der Waals surface area contributed by atoms with E-state index in [9.17, 15) is 38.4 Å². The lowest BCUT2D eigenvalue weighted by atomic mass is 9.89. The van der Waals surface area contributed by atoms with E-state index in [1.54, 1.807) is 0 Å². The van der Waals surface area contributed by atoms with Gasteiger partial charge in [-0.2, -0.15) is 0 Å². The number of H-pyrrole nitrogens is 4. The van der Waals surface area contributed by atoms with E-state index in [0.29, 0.717) is 78.3 Å². The summed E-state index contributed by atoms with van der Waals surface area (Å²) in [6.07, 6.45) is 15.3. The Labute approximate surface area is 784 Å². The number of benzene rings is 8. The van der Waals surface area contributed by atoms with Crippen molar-refractivity contribution in [2.45, 2.75) is 179 Å². The minimum Gasteiger partial charge on any atom is -0.481 e. The summed E-state index contributed by atoms with van der Waals surface area (Å²) in [6.45, 7) is 12.5. The third kappa shape index (κ3) is 19.7. The molecule has 10 N–H and O–H groups in total. The van der Waals surface area contributed by atoms with Gasteiger partial charge in [0.2, 0.25) is 29.5 Å². The summed E-state index contributed by atoms with van der Waals surface area (Å²) in [6, 6.07) is 54.8. The number of hydrogen-bond acceptors (Lipinski definition) is 17. The monoisotopic (exact) mass is 1820 g/mol. The first-order valence-electron chi connectivity index (χ1n) is 47.7. The second-order valence-corrected chi connectivity index (χ2v) is 37.4. The van der Waals surface area contributed by atoms with Crippen LogP contribution in [-0.2, 0) is 73.4 Å². The van der Waals surface area contributed by atoms with Crippen molar-refractivity contribution in [3.8, 4) is 67.3 Å². The Hall–Kier alpha value is -13.6. The fraction of sp³-hybridized carbons (Fsp3) is 0.396. The van der Waals surface area contributed by atoms with Gasteiger partial charge in [0.15, 0.2) is 0 Å². The summed E-state index contributed by atoms with van der Waals surface area (Å²) in [5.74, 6) is 1.39. The van der Waals surface area contributed by atoms with Crippen LogP contribution >= 0.6 is 0 Å². The van der Waals surface area contributed by atoms with Crippen LogP contribution in [0.2, 0.25) is 0 Å². The number of carbonyl (C=O) groups excluding carboxylic acids is 7. The number of aliphatic carboxylic acids is 1. The number of nitrogens with two attached hydrogens (primary N) is 1. The predicted octanol–water partition coefficient (Wildman–Crippen LogP) is 16.7. The molecule has 7 amide bonds. The Morgan fingerprint density at radius 2 is 0.785 bits per heavy atom. The van der Waals surface area contributed by atoms with Crippen molar-refractivity contribution in [3.05, 3.63) is 239 Å². The largest absolute Gasteiger partial charge is 0.481 e. The molecule has 0 saturated carbocycles. The summed E-state index contributed by atoms with van der Waals surface area (Å²) in [4.78, 5) is 145. The maximum atomic E-state index is 14.4. The third-order valence-corrected chi connectivity index (χ3v) is 28.2. The molecule has 0 spiro atoms. The van der Waals surface area contributed by atoms with Gasteiger partial charge in [0.25, 0.3) is 0 Å². The number of likely N-dealkylation sites (tertiary alicyclic amines) is 4. The second kappa shape index (κ2) is 40.7. The summed E-state index contributed by atoms with van der Waals surface area (Å²) in [5.41, 5.74) is 25.2. The quantitative estimate of drug-likeness (QED) is 0.0323. The number of aromatic amines is 4. The Morgan fingerprint density at radius 3 is 1.19 bits per heavy atom. The summed E-state index contributed by atoms with van der Waals surface area (Å²) in [7, 11) is 2.61. The van der Waals surface area contributed by atoms with E-state index >= 15 is 0 Å². The van der Waals surface area contributed by atoms with Gasteiger partial charge in [-0.1, -0.05) is 173 Å². The first-order valence-corrected chi connectivity index (χ1v) is 47.7. The molecule has 0 bridgehead atoms. The summed E-state index contributed by atoms with van der Waals surface area (Å²) in [5, 5.41) is 21.6. The van der Waals surface area contributed by atoms with E-state index in [1.165, 1.54) is 25.3 Å². The Morgan fingerprint density at radius 1 is 0.415 bits per heavy atom. The van der Waals surface area contributed by atoms with E-state index in [0.717, 1.165) is 212 Å². The van der Waals surface area contributed by atoms with E-state index in [4.69, 9.17) is 49.7 Å². The number of nitrogens with zero attached hydrogens (tertiary/aromatic N) is 8. The molecule has 0 radical (unpaired) electrons. The molecule has 8 aliphatic rings. The molecule has 6 fully saturated rings. The number of ether oxygens (including phenoxy) is 4. The molecule has 6 saturated heterocycles. The maximum Gasteiger partial charge on any atom is 0.407 e. The lowest BCUT2D eigenvalue weighted by Crippen LogP contribution is -2.51. The maximum absolute atomic E-state index is 14.4. The molecule has 8 aromatic carbocycles. The van der Waals surface area contributed by atoms with Gasteiger partial charge in [-0.3, -0.25) is 28.8 Å². The highest BCUT2D eigenvalue weighted by molar-refractivity contribution is 5.95. The first-order chi connectivity index (χ1) is 65.6. The van der Waals surface area contributed by atoms with Gasteiger partial charge in [-0.15, -0.1) is 0 Å². The predicted molar refractivity (Wildman–Crippen MR) is 512 cm³/mol. The lowest BCUT2D eigenvalue weighted by Gasteiger charge is -2.30. The number of hydrogen-bond donors (Lipinski definition) is 9. The summed E-state index contributed by atoms with van der Waals surface area (Å²) >= 11 is 0. The lowest BCUT2D eigenvalue weighted by molar-refractivity contribution is -0.145. The Bertz CT molecular complexity index is 6370. The number of carbonyl (C=O) groups is 8. The molecule has 29 nitrogen and oxygen atoms in total. The first kappa shape index (κ1) is 91.8. The number of imidazole rings is 4. The molecule has 0 unspecified atom stereocenters. The van der Waals surface area contributed by atoms with Crippen LogP contribution in [0.1, 0.15) is 198 Å². The highest BCUT2D eigenvalue weighted by Crippen LogP contribution is 2.45. The number of aryl methyl sites for hydroxylation is 4. The van der Waals surface area contributed by atoms with Crippen LogP contribution in [0, 0.1) is 23.7 Å². The minimum atomic E-state index is -0.785. The van der Waals surface area contributed by atoms with Gasteiger partial charge in [0.1, 0.15) is 47.5 Å². The van der Waals surface area contributed by atoms with Crippen molar-refractivity contribution in [1.29, 1.82) is 0 Å². The number of methoxy groups -OCH3 is 2. The molecule has 135 heavy (non-hydrogen) atoms. The SMILES string of the molecule is COC(=O)N[C@H](C(=O)N1CCC[C@H]1c1nc2c([nH]1)CCc1cc(-c3ccc4cc(-c5cnc([C@@H]6CCCN6C(=O)[C@H](N)c6ccccc6)[nH]5)ccc4c3)ccc1-2)C(C)C.COC(=O)N[C@H](C(=O)N1CCC[C@H]1c1nc2c([nH]1)CCc1cc(-c3ccc4cc(-c5cnc([C@@H]6CCCN6C(=O)[C@H](NC(=O)C6CCOCC6)c6ccccc6)[nH]5)ccc4c3)ccc1-2)C(C)C.O=C(O)C1CCOCC1. The van der Waals surface area contributed by atoms with Crippen LogP contribution < -0.4 is 21.7 Å². The van der Waals surface area contributed by atoms with Crippen molar-refractivity contribution in [1.82, 2.24) is 75.4 Å². The van der Waals surface area contributed by atoms with Crippen LogP contribution in [0.4, 0.5) is 9.59 Å². The van der Waals surface area contributed by atoms with Crippen molar-refractivity contribution in [3.63, 3.8) is 0 Å². The van der Waals surface area contributed by atoms with Crippen molar-refractivity contribution in [2.24, 2.45) is 29.4 Å². The zero-order valence-corrected chi connectivity index (χ0v) is 77.2. The van der Waals surface area contributed by atoms with E-state index in [1.807, 2.05) is 120 Å². The molecule has 6 aliphatic heterocycles. The number of amides is 7. The number of carboxylic acid groups (broad SMARTS) is 1. The fourth-order valence-electron chi connectivity index (χ4n) is 20.7. The van der Waals surface area contributed by atoms with Crippen LogP contribution in [-0.4, -0.2) is 191 Å². The van der Waals surface area contributed by atoms with Crippen molar-refractivity contribution >= 4 is 69.2 Å². The molecule has 12 aromatic rings. The molecule has 8 atom stereocenters. The third-order valence-electron chi connectivity index (χ3n) is 28.2. The van der Waals surface area contributed by atoms with Crippen LogP contribution in [0.3, 0.4) is 0 Å². The molecule has 20 rings (SSSR count). The number of fused-ring (bicyclic) bond motifs is 8. The number of carboxylic acids is 1. The van der Waals surface area contributed by atoms with Gasteiger partial charge in [-0.25, -0.2) is 29.5 Å². The number of alkyl carbamates (subject to hydrolysis) is 2. The van der Waals surface area contributed by atoms with E-state index in [2.05, 4.69) is 145 Å². The highest BCUT2D eigenvalue weighted by atomic mass is 16.5. The normalized spacial score (nSPS) is 19.1. The van der Waals surface area contributed by atoms with Crippen LogP contribution in [0.5, 0.6) is 0 Å². The Kier molecular flexibility index (Phi) is 27.7. The molecule has 29 heteroatoms. The van der Waals surface area contributed by atoms with Gasteiger partial charge in [-0.05, 0) is 205 Å². The van der Waals surface area contributed by atoms with Crippen LogP contribution in [0.25, 0.3) is 88.8 Å². The molecule has 700 valence electrons.